The molecule has 7 nitrogen and oxygen atoms in total. The van der Waals surface area contributed by atoms with Gasteiger partial charge < -0.3 is 5.32 Å². The zero-order chi connectivity index (χ0) is 12.4. The molecule has 0 fully saturated rings. The van der Waals surface area contributed by atoms with Crippen molar-refractivity contribution in [1.29, 1.82) is 0 Å². The number of hydrogen-bond acceptors (Lipinski definition) is 5. The van der Waals surface area contributed by atoms with Crippen LogP contribution in [0.2, 0.25) is 0 Å². The summed E-state index contributed by atoms with van der Waals surface area (Å²) in [7, 11) is 1.76. The van der Waals surface area contributed by atoms with Crippen LogP contribution >= 0.6 is 15.9 Å². The van der Waals surface area contributed by atoms with E-state index in [1.54, 1.807) is 24.0 Å². The van der Waals surface area contributed by atoms with E-state index < -0.39 is 4.92 Å². The minimum atomic E-state index is -0.497. The van der Waals surface area contributed by atoms with E-state index in [-0.39, 0.29) is 11.5 Å². The van der Waals surface area contributed by atoms with Crippen LogP contribution in [-0.4, -0.2) is 19.7 Å². The van der Waals surface area contributed by atoms with Crippen LogP contribution in [-0.2, 0) is 7.05 Å². The lowest BCUT2D eigenvalue weighted by atomic mass is 10.4. The summed E-state index contributed by atoms with van der Waals surface area (Å²) in [5.74, 6) is 0.669. The van der Waals surface area contributed by atoms with Gasteiger partial charge in [-0.1, -0.05) is 0 Å². The Morgan fingerprint density at radius 2 is 2.35 bits per heavy atom. The predicted octanol–water partition coefficient (Wildman–Crippen LogP) is 2.23. The number of nitro groups is 1. The Morgan fingerprint density at radius 1 is 1.59 bits per heavy atom. The summed E-state index contributed by atoms with van der Waals surface area (Å²) in [6.45, 7) is 0. The quantitative estimate of drug-likeness (QED) is 0.693. The predicted molar refractivity (Wildman–Crippen MR) is 65.1 cm³/mol. The van der Waals surface area contributed by atoms with Gasteiger partial charge in [0.05, 0.1) is 4.92 Å². The van der Waals surface area contributed by atoms with Gasteiger partial charge >= 0.3 is 5.69 Å². The highest BCUT2D eigenvalue weighted by Crippen LogP contribution is 2.27. The smallest absolute Gasteiger partial charge is 0.312 e. The molecule has 0 spiro atoms. The number of pyridine rings is 1. The molecule has 2 rings (SSSR count). The number of halogens is 1. The highest BCUT2D eigenvalue weighted by Gasteiger charge is 2.16. The molecule has 88 valence electrons. The number of aromatic nitrogens is 3. The van der Waals surface area contributed by atoms with Crippen LogP contribution in [0.25, 0.3) is 0 Å². The molecular weight excluding hydrogens is 290 g/mol. The molecule has 0 radical (unpaired) electrons. The third-order valence-corrected chi connectivity index (χ3v) is 2.42. The first-order valence-corrected chi connectivity index (χ1v) is 5.42. The summed E-state index contributed by atoms with van der Waals surface area (Å²) in [6.07, 6.45) is 3.21. The van der Waals surface area contributed by atoms with E-state index in [0.717, 1.165) is 0 Å². The summed E-state index contributed by atoms with van der Waals surface area (Å²) < 4.78 is 2.14. The van der Waals surface area contributed by atoms with Crippen LogP contribution < -0.4 is 5.32 Å². The van der Waals surface area contributed by atoms with Gasteiger partial charge in [0.25, 0.3) is 0 Å². The summed E-state index contributed by atoms with van der Waals surface area (Å²) >= 11 is 3.14. The molecule has 8 heteroatoms. The largest absolute Gasteiger partial charge is 0.318 e. The zero-order valence-electron chi connectivity index (χ0n) is 8.79. The molecule has 0 atom stereocenters. The lowest BCUT2D eigenvalue weighted by molar-refractivity contribution is -0.384. The Bertz CT molecular complexity index is 568. The van der Waals surface area contributed by atoms with Gasteiger partial charge in [0, 0.05) is 36.0 Å². The first-order chi connectivity index (χ1) is 8.06. The highest BCUT2D eigenvalue weighted by atomic mass is 79.9. The van der Waals surface area contributed by atoms with Gasteiger partial charge in [-0.05, 0) is 15.9 Å². The van der Waals surface area contributed by atoms with Gasteiger partial charge in [0.1, 0.15) is 0 Å². The molecule has 17 heavy (non-hydrogen) atoms. The van der Waals surface area contributed by atoms with Gasteiger partial charge in [-0.25, -0.2) is 4.98 Å². The Labute approximate surface area is 105 Å². The standard InChI is InChI=1S/C9H8BrN5O2/c1-14-3-2-8(13-14)12-9-7(15(16)17)4-6(10)5-11-9/h2-5H,1H3,(H,11,12,13). The molecule has 0 aromatic carbocycles. The molecule has 0 amide bonds. The molecule has 0 aliphatic heterocycles. The number of nitrogens with one attached hydrogen (secondary N) is 1. The van der Waals surface area contributed by atoms with Gasteiger partial charge in [0.2, 0.25) is 5.82 Å². The van der Waals surface area contributed by atoms with Crippen molar-refractivity contribution in [2.24, 2.45) is 7.05 Å². The van der Waals surface area contributed by atoms with E-state index >= 15 is 0 Å². The molecule has 0 saturated heterocycles. The Balaban J connectivity index is 2.35. The molecular formula is C9H8BrN5O2. The van der Waals surface area contributed by atoms with Crippen LogP contribution in [0.4, 0.5) is 17.3 Å². The number of hydrogen-bond donors (Lipinski definition) is 1. The van der Waals surface area contributed by atoms with E-state index in [9.17, 15) is 10.1 Å². The lowest BCUT2D eigenvalue weighted by Crippen LogP contribution is -2.00. The topological polar surface area (TPSA) is 85.9 Å². The molecule has 0 saturated carbocycles. The van der Waals surface area contributed by atoms with Crippen LogP contribution in [0.1, 0.15) is 0 Å². The van der Waals surface area contributed by atoms with Crippen molar-refractivity contribution in [2.45, 2.75) is 0 Å². The van der Waals surface area contributed by atoms with Crippen molar-refractivity contribution < 1.29 is 4.92 Å². The summed E-state index contributed by atoms with van der Waals surface area (Å²) in [6, 6.07) is 3.09. The fourth-order valence-corrected chi connectivity index (χ4v) is 1.59. The van der Waals surface area contributed by atoms with E-state index in [4.69, 9.17) is 0 Å². The van der Waals surface area contributed by atoms with E-state index in [1.165, 1.54) is 12.3 Å². The van der Waals surface area contributed by atoms with E-state index in [1.807, 2.05) is 0 Å². The molecule has 2 aromatic heterocycles. The number of aryl methyl sites for hydroxylation is 1. The fourth-order valence-electron chi connectivity index (χ4n) is 1.27. The van der Waals surface area contributed by atoms with Crippen molar-refractivity contribution in [3.8, 4) is 0 Å². The Kier molecular flexibility index (Phi) is 3.05. The average molecular weight is 298 g/mol. The molecule has 0 bridgehead atoms. The third kappa shape index (κ3) is 2.59. The molecule has 0 aliphatic rings. The van der Waals surface area contributed by atoms with Crippen LogP contribution in [0.5, 0.6) is 0 Å². The highest BCUT2D eigenvalue weighted by molar-refractivity contribution is 9.10. The van der Waals surface area contributed by atoms with Crippen molar-refractivity contribution in [3.63, 3.8) is 0 Å². The molecule has 2 heterocycles. The Hall–Kier alpha value is -1.96. The second-order valence-electron chi connectivity index (χ2n) is 3.28. The second-order valence-corrected chi connectivity index (χ2v) is 4.19. The van der Waals surface area contributed by atoms with Gasteiger partial charge in [0.15, 0.2) is 5.82 Å². The normalized spacial score (nSPS) is 10.2. The van der Waals surface area contributed by atoms with Gasteiger partial charge in [-0.15, -0.1) is 0 Å². The minimum Gasteiger partial charge on any atom is -0.318 e. The molecule has 2 aromatic rings. The number of rotatable bonds is 3. The lowest BCUT2D eigenvalue weighted by Gasteiger charge is -2.03. The van der Waals surface area contributed by atoms with Crippen molar-refractivity contribution in [3.05, 3.63) is 39.1 Å². The average Bonchev–Trinajstić information content (AvgIpc) is 2.66. The summed E-state index contributed by atoms with van der Waals surface area (Å²) in [5.41, 5.74) is -0.106. The Morgan fingerprint density at radius 3 is 2.94 bits per heavy atom. The summed E-state index contributed by atoms with van der Waals surface area (Å²) in [4.78, 5) is 14.3. The first kappa shape index (κ1) is 11.5. The van der Waals surface area contributed by atoms with E-state index in [0.29, 0.717) is 10.3 Å². The molecule has 1 N–H and O–H groups in total. The third-order valence-electron chi connectivity index (χ3n) is 1.99. The summed E-state index contributed by atoms with van der Waals surface area (Å²) in [5, 5.41) is 17.7. The van der Waals surface area contributed by atoms with Crippen LogP contribution in [0.3, 0.4) is 0 Å². The SMILES string of the molecule is Cn1ccc(Nc2ncc(Br)cc2[N+](=O)[O-])n1. The van der Waals surface area contributed by atoms with Crippen molar-refractivity contribution in [1.82, 2.24) is 14.8 Å². The maximum absolute atomic E-state index is 10.8. The van der Waals surface area contributed by atoms with Gasteiger partial charge in [-0.3, -0.25) is 14.8 Å². The maximum atomic E-state index is 10.8. The first-order valence-electron chi connectivity index (χ1n) is 4.63. The van der Waals surface area contributed by atoms with Gasteiger partial charge in [-0.2, -0.15) is 5.10 Å². The van der Waals surface area contributed by atoms with Crippen molar-refractivity contribution >= 4 is 33.3 Å². The maximum Gasteiger partial charge on any atom is 0.312 e. The van der Waals surface area contributed by atoms with Crippen LogP contribution in [0, 0.1) is 10.1 Å². The van der Waals surface area contributed by atoms with E-state index in [2.05, 4.69) is 31.3 Å². The molecule has 0 aliphatic carbocycles. The number of anilines is 2. The molecule has 0 unspecified atom stereocenters. The fraction of sp³-hybridized carbons (Fsp3) is 0.111. The minimum absolute atomic E-state index is 0.106. The number of nitrogens with zero attached hydrogens (tertiary/aromatic N) is 4. The second kappa shape index (κ2) is 4.50. The van der Waals surface area contributed by atoms with Crippen molar-refractivity contribution in [2.75, 3.05) is 5.32 Å². The van der Waals surface area contributed by atoms with Crippen LogP contribution in [0.15, 0.2) is 29.0 Å². The zero-order valence-corrected chi connectivity index (χ0v) is 10.4. The monoisotopic (exact) mass is 297 g/mol.